The molecule has 0 aliphatic rings. The molecule has 9 nitrogen and oxygen atoms in total. The van der Waals surface area contributed by atoms with Crippen LogP contribution in [0.2, 0.25) is 0 Å². The van der Waals surface area contributed by atoms with Crippen molar-refractivity contribution in [2.75, 3.05) is 14.2 Å². The van der Waals surface area contributed by atoms with E-state index in [4.69, 9.17) is 9.84 Å². The Morgan fingerprint density at radius 1 is 1.02 bits per heavy atom. The third kappa shape index (κ3) is 7.65. The van der Waals surface area contributed by atoms with E-state index in [1.165, 1.54) is 60.1 Å². The number of halogens is 3. The van der Waals surface area contributed by atoms with Gasteiger partial charge in [-0.3, -0.25) is 9.59 Å². The van der Waals surface area contributed by atoms with E-state index >= 15 is 0 Å². The summed E-state index contributed by atoms with van der Waals surface area (Å²) >= 11 is 0. The minimum absolute atomic E-state index is 0.0524. The highest BCUT2D eigenvalue weighted by Crippen LogP contribution is 2.30. The number of carbonyl (C=O) groups is 2. The predicted molar refractivity (Wildman–Crippen MR) is 144 cm³/mol. The van der Waals surface area contributed by atoms with Crippen molar-refractivity contribution in [3.05, 3.63) is 76.4 Å². The van der Waals surface area contributed by atoms with Crippen LogP contribution >= 0.6 is 0 Å². The molecule has 12 heteroatoms. The Morgan fingerprint density at radius 2 is 1.68 bits per heavy atom. The van der Waals surface area contributed by atoms with Gasteiger partial charge < -0.3 is 25.0 Å². The number of carbonyl (C=O) groups excluding carboxylic acids is 1. The summed E-state index contributed by atoms with van der Waals surface area (Å²) in [5.74, 6) is -5.03. The molecule has 0 saturated heterocycles. The zero-order chi connectivity index (χ0) is 30.4. The topological polar surface area (TPSA) is 125 Å². The lowest BCUT2D eigenvalue weighted by Crippen LogP contribution is -2.28. The number of hydrogen-bond acceptors (Lipinski definition) is 6. The zero-order valence-electron chi connectivity index (χ0n) is 23.3. The molecule has 222 valence electrons. The second kappa shape index (κ2) is 13.6. The number of amides is 1. The molecule has 0 unspecified atom stereocenters. The fourth-order valence-electron chi connectivity index (χ4n) is 4.65. The third-order valence-corrected chi connectivity index (χ3v) is 6.64. The SMILES string of the molecule is COc1ccc(CN(C)C(=O)c2nn(-c3ccc(F)cc3)c(CC[C@@H](O)C[C@@H](O)CC(=O)O)c2C(C)C)c(F)c1F. The first-order valence-electron chi connectivity index (χ1n) is 13.1. The molecule has 3 aromatic rings. The van der Waals surface area contributed by atoms with E-state index in [-0.39, 0.29) is 48.7 Å². The summed E-state index contributed by atoms with van der Waals surface area (Å²) in [6.07, 6.45) is -2.64. The molecule has 41 heavy (non-hydrogen) atoms. The largest absolute Gasteiger partial charge is 0.494 e. The molecule has 0 radical (unpaired) electrons. The fraction of sp³-hybridized carbons (Fsp3) is 0.414. The normalized spacial score (nSPS) is 12.8. The van der Waals surface area contributed by atoms with Crippen molar-refractivity contribution in [3.63, 3.8) is 0 Å². The van der Waals surface area contributed by atoms with E-state index in [1.807, 2.05) is 13.8 Å². The minimum Gasteiger partial charge on any atom is -0.494 e. The number of hydrogen-bond donors (Lipinski definition) is 3. The number of carboxylic acid groups (broad SMARTS) is 1. The van der Waals surface area contributed by atoms with Gasteiger partial charge in [0.05, 0.1) is 31.4 Å². The lowest BCUT2D eigenvalue weighted by molar-refractivity contribution is -0.139. The molecule has 0 aliphatic carbocycles. The highest BCUT2D eigenvalue weighted by molar-refractivity contribution is 5.94. The first kappa shape index (κ1) is 31.6. The molecule has 2 atom stereocenters. The average molecular weight is 578 g/mol. The van der Waals surface area contributed by atoms with Gasteiger partial charge in [-0.1, -0.05) is 19.9 Å². The summed E-state index contributed by atoms with van der Waals surface area (Å²) in [5, 5.41) is 33.8. The first-order chi connectivity index (χ1) is 19.3. The Hall–Kier alpha value is -3.90. The Morgan fingerprint density at radius 3 is 2.27 bits per heavy atom. The molecule has 1 amide bonds. The van der Waals surface area contributed by atoms with E-state index in [0.717, 1.165) is 0 Å². The standard InChI is InChI=1S/C29H34F3N3O6/c1-16(2)25-22(11-10-20(36)13-21(37)14-24(38)39)35(19-8-6-18(30)7-9-19)33-28(25)29(40)34(3)15-17-5-12-23(41-4)27(32)26(17)31/h5-9,12,16,20-21,36-37H,10-11,13-15H2,1-4H3,(H,38,39)/t20-,21-/m1/s1. The number of rotatable bonds is 13. The van der Waals surface area contributed by atoms with Crippen molar-refractivity contribution in [2.24, 2.45) is 0 Å². The van der Waals surface area contributed by atoms with Gasteiger partial charge in [0.1, 0.15) is 5.82 Å². The van der Waals surface area contributed by atoms with Gasteiger partial charge in [0.25, 0.3) is 5.91 Å². The number of aromatic nitrogens is 2. The summed E-state index contributed by atoms with van der Waals surface area (Å²) < 4.78 is 48.8. The summed E-state index contributed by atoms with van der Waals surface area (Å²) in [6, 6.07) is 8.04. The van der Waals surface area contributed by atoms with Gasteiger partial charge in [-0.25, -0.2) is 13.5 Å². The molecule has 0 aliphatic heterocycles. The summed E-state index contributed by atoms with van der Waals surface area (Å²) in [5.41, 5.74) is 1.54. The van der Waals surface area contributed by atoms with E-state index in [0.29, 0.717) is 16.9 Å². The molecule has 1 aromatic heterocycles. The number of benzene rings is 2. The quantitative estimate of drug-likeness (QED) is 0.278. The van der Waals surface area contributed by atoms with Crippen LogP contribution in [0.5, 0.6) is 5.75 Å². The van der Waals surface area contributed by atoms with Crippen LogP contribution in [0, 0.1) is 17.5 Å². The molecule has 0 saturated carbocycles. The maximum atomic E-state index is 14.6. The van der Waals surface area contributed by atoms with Crippen molar-refractivity contribution in [1.29, 1.82) is 0 Å². The number of aliphatic hydroxyl groups is 2. The van der Waals surface area contributed by atoms with Gasteiger partial charge in [-0.15, -0.1) is 0 Å². The van der Waals surface area contributed by atoms with Crippen LogP contribution in [-0.2, 0) is 17.8 Å². The van der Waals surface area contributed by atoms with Crippen molar-refractivity contribution in [1.82, 2.24) is 14.7 Å². The molecular weight excluding hydrogens is 543 g/mol. The van der Waals surface area contributed by atoms with Crippen LogP contribution in [0.25, 0.3) is 5.69 Å². The zero-order valence-corrected chi connectivity index (χ0v) is 23.3. The van der Waals surface area contributed by atoms with Gasteiger partial charge in [0.15, 0.2) is 17.3 Å². The number of carboxylic acids is 1. The molecule has 0 fully saturated rings. The van der Waals surface area contributed by atoms with Crippen LogP contribution in [0.15, 0.2) is 36.4 Å². The fourth-order valence-corrected chi connectivity index (χ4v) is 4.65. The number of ether oxygens (including phenoxy) is 1. The Labute approximate surface area is 235 Å². The van der Waals surface area contributed by atoms with Crippen LogP contribution in [-0.4, -0.2) is 68.2 Å². The van der Waals surface area contributed by atoms with Crippen molar-refractivity contribution < 1.29 is 42.8 Å². The Bertz CT molecular complexity index is 1380. The number of aliphatic carboxylic acids is 1. The highest BCUT2D eigenvalue weighted by atomic mass is 19.2. The van der Waals surface area contributed by atoms with E-state index < -0.39 is 48.0 Å². The second-order valence-corrected chi connectivity index (χ2v) is 10.1. The van der Waals surface area contributed by atoms with Crippen molar-refractivity contribution >= 4 is 11.9 Å². The van der Waals surface area contributed by atoms with Gasteiger partial charge in [0, 0.05) is 30.4 Å². The van der Waals surface area contributed by atoms with Crippen LogP contribution < -0.4 is 4.74 Å². The van der Waals surface area contributed by atoms with E-state index in [9.17, 15) is 33.0 Å². The van der Waals surface area contributed by atoms with Crippen LogP contribution in [0.4, 0.5) is 13.2 Å². The average Bonchev–Trinajstić information content (AvgIpc) is 3.29. The molecule has 1 heterocycles. The van der Waals surface area contributed by atoms with Crippen molar-refractivity contribution in [2.45, 2.75) is 64.2 Å². The summed E-state index contributed by atoms with van der Waals surface area (Å²) in [6.45, 7) is 3.43. The van der Waals surface area contributed by atoms with Gasteiger partial charge >= 0.3 is 5.97 Å². The number of nitrogens with zero attached hydrogens (tertiary/aromatic N) is 3. The second-order valence-electron chi connectivity index (χ2n) is 10.1. The van der Waals surface area contributed by atoms with Crippen LogP contribution in [0.1, 0.15) is 66.3 Å². The van der Waals surface area contributed by atoms with Gasteiger partial charge in [-0.2, -0.15) is 9.49 Å². The summed E-state index contributed by atoms with van der Waals surface area (Å²) in [7, 11) is 2.64. The van der Waals surface area contributed by atoms with E-state index in [2.05, 4.69) is 5.10 Å². The van der Waals surface area contributed by atoms with Gasteiger partial charge in [-0.05, 0) is 55.5 Å². The maximum Gasteiger partial charge on any atom is 0.305 e. The molecule has 0 bridgehead atoms. The smallest absolute Gasteiger partial charge is 0.305 e. The molecule has 2 aromatic carbocycles. The Kier molecular flexibility index (Phi) is 10.5. The lowest BCUT2D eigenvalue weighted by Gasteiger charge is -2.19. The molecule has 3 rings (SSSR count). The maximum absolute atomic E-state index is 14.6. The monoisotopic (exact) mass is 577 g/mol. The number of aliphatic hydroxyl groups excluding tert-OH is 2. The highest BCUT2D eigenvalue weighted by Gasteiger charge is 2.29. The Balaban J connectivity index is 1.97. The third-order valence-electron chi connectivity index (χ3n) is 6.64. The van der Waals surface area contributed by atoms with Gasteiger partial charge in [0.2, 0.25) is 5.82 Å². The van der Waals surface area contributed by atoms with Crippen LogP contribution in [0.3, 0.4) is 0 Å². The van der Waals surface area contributed by atoms with E-state index in [1.54, 1.807) is 0 Å². The first-order valence-corrected chi connectivity index (χ1v) is 13.1. The molecular formula is C29H34F3N3O6. The predicted octanol–water partition coefficient (Wildman–Crippen LogP) is 4.21. The number of methoxy groups -OCH3 is 1. The lowest BCUT2D eigenvalue weighted by atomic mass is 9.95. The molecule has 0 spiro atoms. The van der Waals surface area contributed by atoms with Crippen molar-refractivity contribution in [3.8, 4) is 11.4 Å². The minimum atomic E-state index is -1.23. The summed E-state index contributed by atoms with van der Waals surface area (Å²) in [4.78, 5) is 25.7. The molecule has 3 N–H and O–H groups in total.